The number of nitrogens with zero attached hydrogens (tertiary/aromatic N) is 1. The molecule has 1 aromatic rings. The third-order valence-electron chi connectivity index (χ3n) is 3.60. The molecule has 9 nitrogen and oxygen atoms in total. The lowest BCUT2D eigenvalue weighted by atomic mass is 10.2. The lowest BCUT2D eigenvalue weighted by Gasteiger charge is -2.33. The molecule has 0 aliphatic carbocycles. The SMILES string of the molecule is NC(=O)C1CNCCN1CC(=O)Nc1c(Cl)cc(N)cc1Cl.O=C(O)C(F)(F)F. The fourth-order valence-electron chi connectivity index (χ4n) is 2.29. The predicted molar refractivity (Wildman–Crippen MR) is 101 cm³/mol. The fraction of sp³-hybridized carbons (Fsp3) is 0.400. The number of hydrogen-bond donors (Lipinski definition) is 5. The number of primary amides is 1. The number of carboxylic acids is 1. The summed E-state index contributed by atoms with van der Waals surface area (Å²) in [5, 5.41) is 13.3. The highest BCUT2D eigenvalue weighted by Crippen LogP contribution is 2.32. The van der Waals surface area contributed by atoms with Crippen LogP contribution in [0.15, 0.2) is 12.1 Å². The number of aliphatic carboxylic acids is 1. The minimum atomic E-state index is -5.08. The van der Waals surface area contributed by atoms with Crippen molar-refractivity contribution in [3.63, 3.8) is 0 Å². The number of amides is 2. The third kappa shape index (κ3) is 7.93. The van der Waals surface area contributed by atoms with Gasteiger partial charge in [0.1, 0.15) is 6.04 Å². The summed E-state index contributed by atoms with van der Waals surface area (Å²) >= 11 is 12.0. The van der Waals surface area contributed by atoms with Crippen molar-refractivity contribution in [2.75, 3.05) is 37.2 Å². The topological polar surface area (TPSA) is 151 Å². The molecule has 1 saturated heterocycles. The lowest BCUT2D eigenvalue weighted by Crippen LogP contribution is -2.58. The Labute approximate surface area is 173 Å². The number of carbonyl (C=O) groups excluding carboxylic acids is 2. The van der Waals surface area contributed by atoms with E-state index in [9.17, 15) is 22.8 Å². The molecule has 7 N–H and O–H groups in total. The first-order valence-electron chi connectivity index (χ1n) is 7.91. The normalized spacial score (nSPS) is 17.1. The Bertz CT molecular complexity index is 756. The van der Waals surface area contributed by atoms with Gasteiger partial charge in [-0.1, -0.05) is 23.2 Å². The predicted octanol–water partition coefficient (Wildman–Crippen LogP) is 0.906. The molecule has 1 heterocycles. The first kappa shape index (κ1) is 24.8. The Kier molecular flexibility index (Phi) is 8.95. The molecule has 1 unspecified atom stereocenters. The second kappa shape index (κ2) is 10.5. The number of carbonyl (C=O) groups is 3. The Balaban J connectivity index is 0.000000516. The number of rotatable bonds is 4. The van der Waals surface area contributed by atoms with Crippen LogP contribution < -0.4 is 22.1 Å². The van der Waals surface area contributed by atoms with E-state index in [0.29, 0.717) is 31.0 Å². The second-order valence-electron chi connectivity index (χ2n) is 5.80. The van der Waals surface area contributed by atoms with Crippen LogP contribution in [0.4, 0.5) is 24.5 Å². The van der Waals surface area contributed by atoms with Gasteiger partial charge in [0.15, 0.2) is 0 Å². The van der Waals surface area contributed by atoms with Crippen molar-refractivity contribution in [3.05, 3.63) is 22.2 Å². The maximum Gasteiger partial charge on any atom is 0.490 e. The van der Waals surface area contributed by atoms with Crippen molar-refractivity contribution in [3.8, 4) is 0 Å². The average molecular weight is 460 g/mol. The zero-order valence-corrected chi connectivity index (χ0v) is 16.2. The van der Waals surface area contributed by atoms with E-state index < -0.39 is 24.1 Å². The maximum absolute atomic E-state index is 12.2. The monoisotopic (exact) mass is 459 g/mol. The first-order chi connectivity index (χ1) is 13.3. The van der Waals surface area contributed by atoms with Crippen molar-refractivity contribution in [1.29, 1.82) is 0 Å². The number of anilines is 2. The molecule has 0 aromatic heterocycles. The number of benzene rings is 1. The number of alkyl halides is 3. The maximum atomic E-state index is 12.2. The number of nitrogens with two attached hydrogens (primary N) is 2. The zero-order chi connectivity index (χ0) is 22.4. The number of nitrogens with one attached hydrogen (secondary N) is 2. The molecule has 2 amide bonds. The van der Waals surface area contributed by atoms with Gasteiger partial charge in [0, 0.05) is 25.3 Å². The number of piperazine rings is 1. The number of nitrogen functional groups attached to an aromatic ring is 1. The molecule has 1 aliphatic rings. The van der Waals surface area contributed by atoms with Gasteiger partial charge in [0.2, 0.25) is 11.8 Å². The minimum Gasteiger partial charge on any atom is -0.475 e. The van der Waals surface area contributed by atoms with Gasteiger partial charge in [-0.15, -0.1) is 0 Å². The summed E-state index contributed by atoms with van der Waals surface area (Å²) in [5.41, 5.74) is 11.7. The van der Waals surface area contributed by atoms with Gasteiger partial charge in [0.25, 0.3) is 0 Å². The van der Waals surface area contributed by atoms with Gasteiger partial charge in [-0.25, -0.2) is 4.79 Å². The quantitative estimate of drug-likeness (QED) is 0.419. The smallest absolute Gasteiger partial charge is 0.475 e. The van der Waals surface area contributed by atoms with Crippen LogP contribution in [-0.2, 0) is 14.4 Å². The molecular formula is C15H18Cl2F3N5O4. The number of hydrogen-bond acceptors (Lipinski definition) is 6. The Morgan fingerprint density at radius 3 is 2.24 bits per heavy atom. The molecule has 1 atom stereocenters. The first-order valence-corrected chi connectivity index (χ1v) is 8.67. The van der Waals surface area contributed by atoms with E-state index in [2.05, 4.69) is 10.6 Å². The number of carboxylic acid groups (broad SMARTS) is 1. The molecule has 0 bridgehead atoms. The Morgan fingerprint density at radius 2 is 1.79 bits per heavy atom. The van der Waals surface area contributed by atoms with E-state index in [1.54, 1.807) is 4.90 Å². The molecule has 1 aromatic carbocycles. The van der Waals surface area contributed by atoms with E-state index in [-0.39, 0.29) is 22.5 Å². The van der Waals surface area contributed by atoms with Gasteiger partial charge in [-0.3, -0.25) is 14.5 Å². The molecule has 162 valence electrons. The average Bonchev–Trinajstić information content (AvgIpc) is 2.58. The molecule has 1 fully saturated rings. The van der Waals surface area contributed by atoms with Crippen molar-refractivity contribution < 1.29 is 32.7 Å². The summed E-state index contributed by atoms with van der Waals surface area (Å²) < 4.78 is 31.7. The van der Waals surface area contributed by atoms with Gasteiger partial charge in [-0.05, 0) is 12.1 Å². The van der Waals surface area contributed by atoms with E-state index >= 15 is 0 Å². The van der Waals surface area contributed by atoms with Crippen LogP contribution in [0.1, 0.15) is 0 Å². The molecule has 0 spiro atoms. The van der Waals surface area contributed by atoms with E-state index in [0.717, 1.165) is 0 Å². The second-order valence-corrected chi connectivity index (χ2v) is 6.62. The van der Waals surface area contributed by atoms with Gasteiger partial charge >= 0.3 is 12.1 Å². The molecule has 14 heteroatoms. The molecule has 1 aliphatic heterocycles. The van der Waals surface area contributed by atoms with Crippen molar-refractivity contribution in [2.45, 2.75) is 12.2 Å². The third-order valence-corrected chi connectivity index (χ3v) is 4.20. The molecular weight excluding hydrogens is 442 g/mol. The highest BCUT2D eigenvalue weighted by atomic mass is 35.5. The van der Waals surface area contributed by atoms with Gasteiger partial charge < -0.3 is 27.2 Å². The summed E-state index contributed by atoms with van der Waals surface area (Å²) in [6, 6.07) is 2.48. The molecule has 29 heavy (non-hydrogen) atoms. The van der Waals surface area contributed by atoms with Gasteiger partial charge in [-0.2, -0.15) is 13.2 Å². The van der Waals surface area contributed by atoms with Crippen LogP contribution in [0.3, 0.4) is 0 Å². The summed E-state index contributed by atoms with van der Waals surface area (Å²) in [6.45, 7) is 1.67. The summed E-state index contributed by atoms with van der Waals surface area (Å²) in [7, 11) is 0. The molecule has 2 rings (SSSR count). The van der Waals surface area contributed by atoms with Crippen molar-refractivity contribution >= 4 is 52.4 Å². The van der Waals surface area contributed by atoms with Crippen molar-refractivity contribution in [1.82, 2.24) is 10.2 Å². The van der Waals surface area contributed by atoms with Gasteiger partial charge in [0.05, 0.1) is 22.3 Å². The lowest BCUT2D eigenvalue weighted by molar-refractivity contribution is -0.192. The summed E-state index contributed by atoms with van der Waals surface area (Å²) in [4.78, 5) is 34.2. The number of halogens is 5. The zero-order valence-electron chi connectivity index (χ0n) is 14.7. The largest absolute Gasteiger partial charge is 0.490 e. The minimum absolute atomic E-state index is 0.0202. The van der Waals surface area contributed by atoms with Crippen LogP contribution >= 0.6 is 23.2 Å². The highest BCUT2D eigenvalue weighted by Gasteiger charge is 2.38. The van der Waals surface area contributed by atoms with E-state index in [4.69, 9.17) is 44.6 Å². The van der Waals surface area contributed by atoms with Crippen LogP contribution in [-0.4, -0.2) is 66.2 Å². The van der Waals surface area contributed by atoms with E-state index in [1.165, 1.54) is 12.1 Å². The highest BCUT2D eigenvalue weighted by molar-refractivity contribution is 6.40. The van der Waals surface area contributed by atoms with E-state index in [1.807, 2.05) is 0 Å². The Hall–Kier alpha value is -2.28. The van der Waals surface area contributed by atoms with Crippen LogP contribution in [0.25, 0.3) is 0 Å². The molecule has 0 radical (unpaired) electrons. The fourth-order valence-corrected chi connectivity index (χ4v) is 2.89. The summed E-state index contributed by atoms with van der Waals surface area (Å²) in [5.74, 6) is -3.56. The molecule has 0 saturated carbocycles. The van der Waals surface area contributed by atoms with Crippen molar-refractivity contribution in [2.24, 2.45) is 5.73 Å². The van der Waals surface area contributed by atoms with Crippen LogP contribution in [0, 0.1) is 0 Å². The standard InChI is InChI=1S/C13H17Cl2N5O2.C2HF3O2/c14-8-3-7(16)4-9(15)12(8)19-11(21)6-20-2-1-18-5-10(20)13(17)22;3-2(4,5)1(6)7/h3-4,10,18H,1-2,5-6,16H2,(H2,17,22)(H,19,21);(H,6,7). The van der Waals surface area contributed by atoms with Crippen LogP contribution in [0.2, 0.25) is 10.0 Å². The Morgan fingerprint density at radius 1 is 1.28 bits per heavy atom. The van der Waals surface area contributed by atoms with Crippen LogP contribution in [0.5, 0.6) is 0 Å². The summed E-state index contributed by atoms with van der Waals surface area (Å²) in [6.07, 6.45) is -5.08.